The maximum atomic E-state index is 12.5. The summed E-state index contributed by atoms with van der Waals surface area (Å²) < 4.78 is 37.4. The Bertz CT molecular complexity index is 627. The van der Waals surface area contributed by atoms with Gasteiger partial charge in [0, 0.05) is 10.8 Å². The predicted octanol–water partition coefficient (Wildman–Crippen LogP) is 3.98. The topological polar surface area (TPSA) is 41.1 Å². The summed E-state index contributed by atoms with van der Waals surface area (Å²) in [6.07, 6.45) is -1.35. The second kappa shape index (κ2) is 6.59. The molecule has 1 saturated heterocycles. The molecule has 2 aliphatic rings. The Morgan fingerprint density at radius 2 is 2.08 bits per heavy atom. The molecule has 1 saturated carbocycles. The number of nitrogens with one attached hydrogen (secondary N) is 2. The summed E-state index contributed by atoms with van der Waals surface area (Å²) in [5.74, 6) is -1.03. The zero-order chi connectivity index (χ0) is 17.4. The van der Waals surface area contributed by atoms with E-state index in [1.54, 1.807) is 18.2 Å². The van der Waals surface area contributed by atoms with E-state index in [0.717, 1.165) is 37.9 Å². The van der Waals surface area contributed by atoms with E-state index in [2.05, 4.69) is 10.6 Å². The third-order valence-corrected chi connectivity index (χ3v) is 6.03. The van der Waals surface area contributed by atoms with E-state index in [1.807, 2.05) is 6.92 Å². The SMILES string of the molecule is Cc1ccc(SCC(F)(F)F)c(NC(=O)C2CC23CCNCC3)c1. The molecular weight excluding hydrogens is 337 g/mol. The second-order valence-electron chi connectivity index (χ2n) is 6.76. The minimum Gasteiger partial charge on any atom is -0.325 e. The zero-order valence-corrected chi connectivity index (χ0v) is 14.3. The Labute approximate surface area is 143 Å². The number of thioether (sulfide) groups is 1. The molecular formula is C17H21F3N2OS. The Balaban J connectivity index is 1.68. The van der Waals surface area contributed by atoms with E-state index in [4.69, 9.17) is 0 Å². The number of hydrogen-bond donors (Lipinski definition) is 2. The first-order valence-electron chi connectivity index (χ1n) is 8.11. The van der Waals surface area contributed by atoms with Gasteiger partial charge in [-0.3, -0.25) is 4.79 Å². The standard InChI is InChI=1S/C17H21F3N2OS/c1-11-2-3-14(24-10-17(18,19)20)13(8-11)22-15(23)12-9-16(12)4-6-21-7-5-16/h2-3,8,12,21H,4-7,9-10H2,1H3,(H,22,23). The first-order chi connectivity index (χ1) is 11.3. The fraction of sp³-hybridized carbons (Fsp3) is 0.588. The van der Waals surface area contributed by atoms with Crippen molar-refractivity contribution in [3.8, 4) is 0 Å². The van der Waals surface area contributed by atoms with Crippen molar-refractivity contribution in [2.75, 3.05) is 24.2 Å². The number of piperidine rings is 1. The van der Waals surface area contributed by atoms with Gasteiger partial charge in [0.05, 0.1) is 11.4 Å². The molecule has 7 heteroatoms. The lowest BCUT2D eigenvalue weighted by Gasteiger charge is -2.23. The maximum absolute atomic E-state index is 12.5. The number of anilines is 1. The van der Waals surface area contributed by atoms with Crippen molar-refractivity contribution in [1.29, 1.82) is 0 Å². The molecule has 132 valence electrons. The Morgan fingerprint density at radius 1 is 1.38 bits per heavy atom. The fourth-order valence-corrected chi connectivity index (χ4v) is 4.19. The van der Waals surface area contributed by atoms with Crippen molar-refractivity contribution in [3.63, 3.8) is 0 Å². The van der Waals surface area contributed by atoms with Gasteiger partial charge in [-0.2, -0.15) is 13.2 Å². The Kier molecular flexibility index (Phi) is 4.84. The fourth-order valence-electron chi connectivity index (χ4n) is 3.44. The van der Waals surface area contributed by atoms with Gasteiger partial charge in [-0.25, -0.2) is 0 Å². The summed E-state index contributed by atoms with van der Waals surface area (Å²) in [7, 11) is 0. The van der Waals surface area contributed by atoms with Crippen LogP contribution in [-0.4, -0.2) is 30.9 Å². The lowest BCUT2D eigenvalue weighted by atomic mass is 9.92. The molecule has 24 heavy (non-hydrogen) atoms. The largest absolute Gasteiger partial charge is 0.398 e. The first kappa shape index (κ1) is 17.6. The van der Waals surface area contributed by atoms with E-state index < -0.39 is 11.9 Å². The van der Waals surface area contributed by atoms with Crippen LogP contribution in [0.25, 0.3) is 0 Å². The summed E-state index contributed by atoms with van der Waals surface area (Å²) in [4.78, 5) is 13.0. The average molecular weight is 358 g/mol. The molecule has 2 fully saturated rings. The van der Waals surface area contributed by atoms with Gasteiger partial charge in [-0.15, -0.1) is 11.8 Å². The highest BCUT2D eigenvalue weighted by Gasteiger charge is 2.57. The molecule has 0 aromatic heterocycles. The normalized spacial score (nSPS) is 22.4. The molecule has 1 aromatic rings. The van der Waals surface area contributed by atoms with Crippen LogP contribution >= 0.6 is 11.8 Å². The molecule has 3 rings (SSSR count). The third kappa shape index (κ3) is 4.06. The Morgan fingerprint density at radius 3 is 2.75 bits per heavy atom. The second-order valence-corrected chi connectivity index (χ2v) is 7.78. The van der Waals surface area contributed by atoms with Gasteiger partial charge in [0.2, 0.25) is 5.91 Å². The van der Waals surface area contributed by atoms with Crippen LogP contribution in [0.15, 0.2) is 23.1 Å². The van der Waals surface area contributed by atoms with E-state index in [9.17, 15) is 18.0 Å². The number of hydrogen-bond acceptors (Lipinski definition) is 3. The van der Waals surface area contributed by atoms with E-state index in [-0.39, 0.29) is 17.2 Å². The van der Waals surface area contributed by atoms with Crippen molar-refractivity contribution >= 4 is 23.4 Å². The van der Waals surface area contributed by atoms with E-state index >= 15 is 0 Å². The number of amides is 1. The smallest absolute Gasteiger partial charge is 0.325 e. The van der Waals surface area contributed by atoms with Crippen LogP contribution in [0.2, 0.25) is 0 Å². The van der Waals surface area contributed by atoms with E-state index in [0.29, 0.717) is 22.3 Å². The first-order valence-corrected chi connectivity index (χ1v) is 9.09. The van der Waals surface area contributed by atoms with Gasteiger partial charge in [-0.05, 0) is 62.4 Å². The summed E-state index contributed by atoms with van der Waals surface area (Å²) in [6.45, 7) is 3.72. The van der Waals surface area contributed by atoms with Crippen LogP contribution < -0.4 is 10.6 Å². The number of benzene rings is 1. The monoisotopic (exact) mass is 358 g/mol. The number of carbonyl (C=O) groups excluding carboxylic acids is 1. The minimum absolute atomic E-state index is 0.0134. The van der Waals surface area contributed by atoms with Crippen LogP contribution in [-0.2, 0) is 4.79 Å². The minimum atomic E-state index is -4.23. The molecule has 1 atom stereocenters. The van der Waals surface area contributed by atoms with Gasteiger partial charge in [0.1, 0.15) is 0 Å². The Hall–Kier alpha value is -1.21. The molecule has 0 bridgehead atoms. The molecule has 1 amide bonds. The number of carbonyl (C=O) groups is 1. The highest BCUT2D eigenvalue weighted by atomic mass is 32.2. The average Bonchev–Trinajstić information content (AvgIpc) is 3.19. The molecule has 1 aliphatic heterocycles. The number of halogens is 3. The molecule has 3 nitrogen and oxygen atoms in total. The summed E-state index contributed by atoms with van der Waals surface area (Å²) in [5, 5.41) is 6.17. The number of rotatable bonds is 4. The van der Waals surface area contributed by atoms with Gasteiger partial charge in [0.25, 0.3) is 0 Å². The van der Waals surface area contributed by atoms with Gasteiger partial charge < -0.3 is 10.6 Å². The van der Waals surface area contributed by atoms with Crippen LogP contribution in [0.4, 0.5) is 18.9 Å². The highest BCUT2D eigenvalue weighted by Crippen LogP contribution is 2.58. The lowest BCUT2D eigenvalue weighted by Crippen LogP contribution is -2.31. The quantitative estimate of drug-likeness (QED) is 0.800. The summed E-state index contributed by atoms with van der Waals surface area (Å²) in [5.41, 5.74) is 1.51. The van der Waals surface area contributed by atoms with Gasteiger partial charge in [-0.1, -0.05) is 6.07 Å². The third-order valence-electron chi connectivity index (χ3n) is 4.89. The van der Waals surface area contributed by atoms with Crippen molar-refractivity contribution in [2.24, 2.45) is 11.3 Å². The molecule has 1 unspecified atom stereocenters. The van der Waals surface area contributed by atoms with Crippen LogP contribution in [0.3, 0.4) is 0 Å². The predicted molar refractivity (Wildman–Crippen MR) is 89.2 cm³/mol. The van der Waals surface area contributed by atoms with Crippen molar-refractivity contribution in [3.05, 3.63) is 23.8 Å². The van der Waals surface area contributed by atoms with Gasteiger partial charge in [0.15, 0.2) is 0 Å². The highest BCUT2D eigenvalue weighted by molar-refractivity contribution is 7.99. The summed E-state index contributed by atoms with van der Waals surface area (Å²) in [6, 6.07) is 5.16. The summed E-state index contributed by atoms with van der Waals surface area (Å²) >= 11 is 0.714. The van der Waals surface area contributed by atoms with Crippen LogP contribution in [0.5, 0.6) is 0 Å². The number of alkyl halides is 3. The maximum Gasteiger partial charge on any atom is 0.398 e. The molecule has 1 spiro atoms. The van der Waals surface area contributed by atoms with Crippen molar-refractivity contribution in [2.45, 2.75) is 37.3 Å². The zero-order valence-electron chi connectivity index (χ0n) is 13.5. The molecule has 1 aromatic carbocycles. The molecule has 1 aliphatic carbocycles. The van der Waals surface area contributed by atoms with E-state index in [1.165, 1.54) is 0 Å². The molecule has 1 heterocycles. The van der Waals surface area contributed by atoms with Crippen molar-refractivity contribution < 1.29 is 18.0 Å². The number of aryl methyl sites for hydroxylation is 1. The molecule has 0 radical (unpaired) electrons. The van der Waals surface area contributed by atoms with Gasteiger partial charge >= 0.3 is 6.18 Å². The molecule has 2 N–H and O–H groups in total. The van der Waals surface area contributed by atoms with Crippen LogP contribution in [0.1, 0.15) is 24.8 Å². The van der Waals surface area contributed by atoms with Crippen molar-refractivity contribution in [1.82, 2.24) is 5.32 Å². The van der Waals surface area contributed by atoms with Crippen LogP contribution in [0, 0.1) is 18.3 Å². The lowest BCUT2D eigenvalue weighted by molar-refractivity contribution is -0.118.